The van der Waals surface area contributed by atoms with Gasteiger partial charge in [-0.3, -0.25) is 9.59 Å². The summed E-state index contributed by atoms with van der Waals surface area (Å²) in [6.07, 6.45) is 32.3. The fraction of sp³-hybridized carbons (Fsp3) is 0.721. The van der Waals surface area contributed by atoms with Crippen molar-refractivity contribution in [3.8, 4) is 0 Å². The van der Waals surface area contributed by atoms with E-state index in [2.05, 4.69) is 74.6 Å². The second kappa shape index (κ2) is 33.9. The average Bonchev–Trinajstić information content (AvgIpc) is 3.15. The standard InChI is InChI=1S/C43H72O10/c1-3-5-7-9-11-13-15-17-18-20-21-23-25-27-29-31-38(45)50-34-36(35-51-43-42(49)41(48)40(47)37(33-44)53-43)52-39(46)32-30-28-26-24-22-19-16-14-12-10-8-6-4-2/h6,8,11-14,17-19,22,36-37,40-44,47-49H,3-5,7,9-10,15-16,20-21,23-35H2,1-2H3. The zero-order chi connectivity index (χ0) is 38.8. The Bertz CT molecular complexity index is 1050. The quantitative estimate of drug-likeness (QED) is 0.0304. The van der Waals surface area contributed by atoms with Crippen LogP contribution < -0.4 is 0 Å². The molecule has 6 atom stereocenters. The van der Waals surface area contributed by atoms with E-state index in [0.717, 1.165) is 77.0 Å². The highest BCUT2D eigenvalue weighted by Crippen LogP contribution is 2.22. The Labute approximate surface area is 320 Å². The number of ether oxygens (including phenoxy) is 4. The molecule has 1 rings (SSSR count). The van der Waals surface area contributed by atoms with Crippen LogP contribution in [0.15, 0.2) is 60.8 Å². The van der Waals surface area contributed by atoms with Gasteiger partial charge in [0, 0.05) is 12.8 Å². The van der Waals surface area contributed by atoms with Gasteiger partial charge in [-0.15, -0.1) is 0 Å². The summed E-state index contributed by atoms with van der Waals surface area (Å²) >= 11 is 0. The predicted molar refractivity (Wildman–Crippen MR) is 210 cm³/mol. The molecule has 0 aromatic heterocycles. The maximum Gasteiger partial charge on any atom is 0.306 e. The molecule has 0 saturated carbocycles. The predicted octanol–water partition coefficient (Wildman–Crippen LogP) is 7.88. The van der Waals surface area contributed by atoms with E-state index in [4.69, 9.17) is 18.9 Å². The van der Waals surface area contributed by atoms with Gasteiger partial charge in [-0.05, 0) is 77.0 Å². The second-order valence-electron chi connectivity index (χ2n) is 13.7. The monoisotopic (exact) mass is 749 g/mol. The summed E-state index contributed by atoms with van der Waals surface area (Å²) in [5, 5.41) is 40.0. The molecule has 10 nitrogen and oxygen atoms in total. The first-order valence-electron chi connectivity index (χ1n) is 20.4. The molecule has 0 aromatic carbocycles. The van der Waals surface area contributed by atoms with Crippen molar-refractivity contribution in [3.05, 3.63) is 60.8 Å². The molecule has 53 heavy (non-hydrogen) atoms. The summed E-state index contributed by atoms with van der Waals surface area (Å²) in [5.41, 5.74) is 0. The smallest absolute Gasteiger partial charge is 0.306 e. The van der Waals surface area contributed by atoms with Crippen molar-refractivity contribution in [1.29, 1.82) is 0 Å². The zero-order valence-corrected chi connectivity index (χ0v) is 32.7. The van der Waals surface area contributed by atoms with Crippen LogP contribution in [0.5, 0.6) is 0 Å². The third-order valence-corrected chi connectivity index (χ3v) is 8.89. The van der Waals surface area contributed by atoms with Gasteiger partial charge in [-0.25, -0.2) is 0 Å². The van der Waals surface area contributed by atoms with E-state index in [9.17, 15) is 30.0 Å². The molecule has 0 radical (unpaired) electrons. The first kappa shape index (κ1) is 48.4. The largest absolute Gasteiger partial charge is 0.462 e. The third kappa shape index (κ3) is 25.9. The van der Waals surface area contributed by atoms with Crippen LogP contribution in [-0.2, 0) is 28.5 Å². The van der Waals surface area contributed by atoms with Crippen LogP contribution in [0, 0.1) is 0 Å². The van der Waals surface area contributed by atoms with Crippen LogP contribution in [0.3, 0.4) is 0 Å². The van der Waals surface area contributed by atoms with E-state index in [1.54, 1.807) is 0 Å². The third-order valence-electron chi connectivity index (χ3n) is 8.89. The van der Waals surface area contributed by atoms with Crippen LogP contribution in [0.1, 0.15) is 142 Å². The summed E-state index contributed by atoms with van der Waals surface area (Å²) in [6.45, 7) is 3.21. The van der Waals surface area contributed by atoms with Gasteiger partial charge >= 0.3 is 11.9 Å². The first-order chi connectivity index (χ1) is 25.8. The second-order valence-corrected chi connectivity index (χ2v) is 13.7. The Morgan fingerprint density at radius 2 is 1.11 bits per heavy atom. The number of aliphatic hydroxyl groups excluding tert-OH is 4. The van der Waals surface area contributed by atoms with Gasteiger partial charge in [-0.1, -0.05) is 113 Å². The molecule has 1 saturated heterocycles. The molecule has 1 fully saturated rings. The molecule has 1 aliphatic heterocycles. The molecule has 1 heterocycles. The van der Waals surface area contributed by atoms with Crippen LogP contribution in [0.2, 0.25) is 0 Å². The topological polar surface area (TPSA) is 152 Å². The normalized spacial score (nSPS) is 21.5. The molecular weight excluding hydrogens is 676 g/mol. The van der Waals surface area contributed by atoms with E-state index < -0.39 is 55.4 Å². The Morgan fingerprint density at radius 3 is 1.70 bits per heavy atom. The minimum atomic E-state index is -1.60. The average molecular weight is 749 g/mol. The maximum atomic E-state index is 12.7. The van der Waals surface area contributed by atoms with Crippen molar-refractivity contribution in [2.75, 3.05) is 19.8 Å². The Balaban J connectivity index is 2.41. The van der Waals surface area contributed by atoms with Gasteiger partial charge in [0.2, 0.25) is 0 Å². The maximum absolute atomic E-state index is 12.7. The van der Waals surface area contributed by atoms with E-state index >= 15 is 0 Å². The number of hydrogen-bond acceptors (Lipinski definition) is 10. The Morgan fingerprint density at radius 1 is 0.604 bits per heavy atom. The summed E-state index contributed by atoms with van der Waals surface area (Å²) in [5.74, 6) is -0.864. The number of aliphatic hydroxyl groups is 4. The van der Waals surface area contributed by atoms with Gasteiger partial charge in [0.05, 0.1) is 13.2 Å². The highest BCUT2D eigenvalue weighted by atomic mass is 16.7. The number of allylic oxidation sites excluding steroid dienone is 10. The van der Waals surface area contributed by atoms with E-state index in [0.29, 0.717) is 12.8 Å². The van der Waals surface area contributed by atoms with E-state index in [1.807, 2.05) is 0 Å². The van der Waals surface area contributed by atoms with Crippen molar-refractivity contribution >= 4 is 11.9 Å². The highest BCUT2D eigenvalue weighted by Gasteiger charge is 2.44. The fourth-order valence-electron chi connectivity index (χ4n) is 5.64. The molecule has 0 bridgehead atoms. The Hall–Kier alpha value is -2.60. The molecule has 10 heteroatoms. The molecule has 1 aliphatic rings. The number of carbonyl (C=O) groups is 2. The number of carbonyl (C=O) groups excluding carboxylic acids is 2. The summed E-state index contributed by atoms with van der Waals surface area (Å²) in [7, 11) is 0. The lowest BCUT2D eigenvalue weighted by Gasteiger charge is -2.39. The Kier molecular flexibility index (Phi) is 31.0. The van der Waals surface area contributed by atoms with Crippen molar-refractivity contribution in [1.82, 2.24) is 0 Å². The van der Waals surface area contributed by atoms with Crippen molar-refractivity contribution in [3.63, 3.8) is 0 Å². The van der Waals surface area contributed by atoms with Gasteiger partial charge in [0.25, 0.3) is 0 Å². The number of hydrogen-bond donors (Lipinski definition) is 4. The lowest BCUT2D eigenvalue weighted by Crippen LogP contribution is -2.59. The molecule has 6 unspecified atom stereocenters. The van der Waals surface area contributed by atoms with Gasteiger partial charge in [0.15, 0.2) is 12.4 Å². The lowest BCUT2D eigenvalue weighted by atomic mass is 9.99. The number of esters is 2. The number of rotatable bonds is 32. The SMILES string of the molecule is CCC=CCC=CCC=CCCCCCC(=O)OC(COC(=O)CCCCCCCC=CCC=CCCCCC)COC1OC(CO)C(O)C(O)C1O. The molecule has 0 aromatic rings. The summed E-state index contributed by atoms with van der Waals surface area (Å²) in [6, 6.07) is 0. The van der Waals surface area contributed by atoms with Crippen LogP contribution in [0.4, 0.5) is 0 Å². The number of unbranched alkanes of at least 4 members (excludes halogenated alkanes) is 11. The first-order valence-corrected chi connectivity index (χ1v) is 20.4. The highest BCUT2D eigenvalue weighted by molar-refractivity contribution is 5.70. The fourth-order valence-corrected chi connectivity index (χ4v) is 5.64. The van der Waals surface area contributed by atoms with Crippen molar-refractivity contribution in [2.45, 2.75) is 179 Å². The van der Waals surface area contributed by atoms with Crippen LogP contribution in [0.25, 0.3) is 0 Å². The molecular formula is C43H72O10. The van der Waals surface area contributed by atoms with Gasteiger partial charge in [-0.2, -0.15) is 0 Å². The molecule has 304 valence electrons. The molecule has 0 spiro atoms. The molecule has 0 aliphatic carbocycles. The summed E-state index contributed by atoms with van der Waals surface area (Å²) in [4.78, 5) is 25.2. The summed E-state index contributed by atoms with van der Waals surface area (Å²) < 4.78 is 22.0. The molecule has 4 N–H and O–H groups in total. The van der Waals surface area contributed by atoms with E-state index in [-0.39, 0.29) is 26.1 Å². The zero-order valence-electron chi connectivity index (χ0n) is 32.7. The lowest BCUT2D eigenvalue weighted by molar-refractivity contribution is -0.305. The molecule has 0 amide bonds. The van der Waals surface area contributed by atoms with Gasteiger partial charge in [0.1, 0.15) is 31.0 Å². The van der Waals surface area contributed by atoms with Crippen molar-refractivity contribution < 1.29 is 49.0 Å². The van der Waals surface area contributed by atoms with E-state index in [1.165, 1.54) is 25.7 Å². The van der Waals surface area contributed by atoms with Crippen LogP contribution in [-0.4, -0.2) is 89.0 Å². The van der Waals surface area contributed by atoms with Gasteiger partial charge < -0.3 is 39.4 Å². The van der Waals surface area contributed by atoms with Crippen LogP contribution >= 0.6 is 0 Å². The minimum Gasteiger partial charge on any atom is -0.462 e. The van der Waals surface area contributed by atoms with Crippen molar-refractivity contribution in [2.24, 2.45) is 0 Å². The minimum absolute atomic E-state index is 0.189.